The minimum Gasteiger partial charge on any atom is -0.507 e. The lowest BCUT2D eigenvalue weighted by atomic mass is 10.1. The number of ether oxygens (including phenoxy) is 1. The molecule has 1 aromatic heterocycles. The van der Waals surface area contributed by atoms with Gasteiger partial charge in [-0.15, -0.1) is 0 Å². The average Bonchev–Trinajstić information content (AvgIpc) is 2.92. The second-order valence-corrected chi connectivity index (χ2v) is 4.55. The van der Waals surface area contributed by atoms with E-state index in [0.29, 0.717) is 5.75 Å². The van der Waals surface area contributed by atoms with E-state index in [2.05, 4.69) is 5.32 Å². The highest BCUT2D eigenvalue weighted by molar-refractivity contribution is 5.41. The number of phenolic OH excluding ortho intramolecular Hbond substituents is 1. The second-order valence-electron chi connectivity index (χ2n) is 4.55. The average molecular weight is 261 g/mol. The molecule has 0 saturated heterocycles. The molecule has 1 heterocycles. The third-order valence-electron chi connectivity index (χ3n) is 3.17. The Morgan fingerprint density at radius 1 is 1.21 bits per heavy atom. The van der Waals surface area contributed by atoms with E-state index >= 15 is 0 Å². The zero-order valence-electron chi connectivity index (χ0n) is 11.4. The molecule has 0 bridgehead atoms. The summed E-state index contributed by atoms with van der Waals surface area (Å²) in [5.74, 6) is 1.75. The first kappa shape index (κ1) is 13.5. The van der Waals surface area contributed by atoms with E-state index in [1.807, 2.05) is 38.1 Å². The third-order valence-corrected chi connectivity index (χ3v) is 3.17. The second kappa shape index (κ2) is 5.80. The van der Waals surface area contributed by atoms with Crippen molar-refractivity contribution in [2.75, 3.05) is 7.11 Å². The van der Waals surface area contributed by atoms with Gasteiger partial charge in [0.1, 0.15) is 17.3 Å². The molecular weight excluding hydrogens is 242 g/mol. The van der Waals surface area contributed by atoms with Crippen LogP contribution in [0.15, 0.2) is 41.0 Å². The molecule has 1 unspecified atom stereocenters. The lowest BCUT2D eigenvalue weighted by Gasteiger charge is -2.20. The number of nitrogens with one attached hydrogen (secondary N) is 1. The Balaban J connectivity index is 2.09. The van der Waals surface area contributed by atoms with Gasteiger partial charge in [0.15, 0.2) is 0 Å². The van der Waals surface area contributed by atoms with Gasteiger partial charge in [0.25, 0.3) is 0 Å². The maximum absolute atomic E-state index is 9.99. The molecule has 19 heavy (non-hydrogen) atoms. The van der Waals surface area contributed by atoms with Crippen LogP contribution in [0.2, 0.25) is 0 Å². The Labute approximate surface area is 113 Å². The van der Waals surface area contributed by atoms with Crippen molar-refractivity contribution in [1.82, 2.24) is 5.32 Å². The molecule has 0 saturated carbocycles. The lowest BCUT2D eigenvalue weighted by Crippen LogP contribution is -2.22. The van der Waals surface area contributed by atoms with Crippen LogP contribution in [0.25, 0.3) is 0 Å². The Bertz CT molecular complexity index is 522. The van der Waals surface area contributed by atoms with Crippen molar-refractivity contribution in [3.8, 4) is 11.5 Å². The van der Waals surface area contributed by atoms with Crippen LogP contribution < -0.4 is 10.1 Å². The van der Waals surface area contributed by atoms with Crippen molar-refractivity contribution >= 4 is 0 Å². The summed E-state index contributed by atoms with van der Waals surface area (Å²) in [5, 5.41) is 13.4. The van der Waals surface area contributed by atoms with E-state index < -0.39 is 0 Å². The molecule has 0 amide bonds. The Morgan fingerprint density at radius 2 is 2.00 bits per heavy atom. The fourth-order valence-electron chi connectivity index (χ4n) is 2.10. The van der Waals surface area contributed by atoms with Crippen molar-refractivity contribution in [2.24, 2.45) is 0 Å². The molecule has 102 valence electrons. The zero-order valence-corrected chi connectivity index (χ0v) is 11.4. The van der Waals surface area contributed by atoms with Gasteiger partial charge in [0.05, 0.1) is 19.4 Å². The summed E-state index contributed by atoms with van der Waals surface area (Å²) in [5.41, 5.74) is 0.833. The van der Waals surface area contributed by atoms with Gasteiger partial charge < -0.3 is 19.6 Å². The first-order valence-electron chi connectivity index (χ1n) is 6.28. The molecule has 2 atom stereocenters. The van der Waals surface area contributed by atoms with Crippen molar-refractivity contribution in [1.29, 1.82) is 0 Å². The van der Waals surface area contributed by atoms with Gasteiger partial charge in [-0.25, -0.2) is 0 Å². The SMILES string of the molecule is COc1ccc(C(C)N[C@@H](C)c2ccco2)c(O)c1. The maximum atomic E-state index is 9.99. The smallest absolute Gasteiger partial charge is 0.124 e. The van der Waals surface area contributed by atoms with Crippen molar-refractivity contribution in [3.63, 3.8) is 0 Å². The number of hydrogen-bond donors (Lipinski definition) is 2. The number of benzene rings is 1. The molecule has 4 heteroatoms. The molecule has 2 rings (SSSR count). The topological polar surface area (TPSA) is 54.6 Å². The summed E-state index contributed by atoms with van der Waals surface area (Å²) < 4.78 is 10.4. The van der Waals surface area contributed by atoms with Crippen LogP contribution in [0.1, 0.15) is 37.3 Å². The minimum atomic E-state index is 0.00556. The normalized spacial score (nSPS) is 14.1. The first-order valence-corrected chi connectivity index (χ1v) is 6.28. The monoisotopic (exact) mass is 261 g/mol. The van der Waals surface area contributed by atoms with E-state index in [9.17, 15) is 5.11 Å². The number of methoxy groups -OCH3 is 1. The van der Waals surface area contributed by atoms with Gasteiger partial charge in [-0.1, -0.05) is 6.07 Å². The predicted octanol–water partition coefficient (Wildman–Crippen LogP) is 3.41. The number of rotatable bonds is 5. The quantitative estimate of drug-likeness (QED) is 0.866. The number of hydrogen-bond acceptors (Lipinski definition) is 4. The molecular formula is C15H19NO3. The summed E-state index contributed by atoms with van der Waals surface area (Å²) in [6.45, 7) is 4.02. The van der Waals surface area contributed by atoms with E-state index in [1.165, 1.54) is 0 Å². The maximum Gasteiger partial charge on any atom is 0.124 e. The van der Waals surface area contributed by atoms with Crippen LogP contribution in [-0.4, -0.2) is 12.2 Å². The van der Waals surface area contributed by atoms with Crippen LogP contribution in [0.3, 0.4) is 0 Å². The van der Waals surface area contributed by atoms with Gasteiger partial charge >= 0.3 is 0 Å². The van der Waals surface area contributed by atoms with Crippen molar-refractivity contribution < 1.29 is 14.3 Å². The lowest BCUT2D eigenvalue weighted by molar-refractivity contribution is 0.387. The number of phenols is 1. The summed E-state index contributed by atoms with van der Waals surface area (Å²) in [6, 6.07) is 9.19. The van der Waals surface area contributed by atoms with E-state index in [1.54, 1.807) is 19.4 Å². The molecule has 0 radical (unpaired) electrons. The highest BCUT2D eigenvalue weighted by atomic mass is 16.5. The summed E-state index contributed by atoms with van der Waals surface area (Å²) in [6.07, 6.45) is 1.66. The summed E-state index contributed by atoms with van der Waals surface area (Å²) in [4.78, 5) is 0. The van der Waals surface area contributed by atoms with Gasteiger partial charge in [-0.3, -0.25) is 0 Å². The van der Waals surface area contributed by atoms with E-state index in [-0.39, 0.29) is 17.8 Å². The molecule has 2 aromatic rings. The molecule has 1 aromatic carbocycles. The number of aromatic hydroxyl groups is 1. The van der Waals surface area contributed by atoms with Crippen LogP contribution in [0.4, 0.5) is 0 Å². The van der Waals surface area contributed by atoms with E-state index in [0.717, 1.165) is 11.3 Å². The summed E-state index contributed by atoms with van der Waals surface area (Å²) >= 11 is 0. The minimum absolute atomic E-state index is 0.00556. The Kier molecular flexibility index (Phi) is 4.12. The van der Waals surface area contributed by atoms with Gasteiger partial charge in [0, 0.05) is 17.7 Å². The molecule has 0 aliphatic rings. The fraction of sp³-hybridized carbons (Fsp3) is 0.333. The standard InChI is InChI=1S/C15H19NO3/c1-10(16-11(2)15-5-4-8-19-15)13-7-6-12(18-3)9-14(13)17/h4-11,16-17H,1-3H3/t10?,11-/m0/s1. The highest BCUT2D eigenvalue weighted by Gasteiger charge is 2.16. The molecule has 2 N–H and O–H groups in total. The van der Waals surface area contributed by atoms with E-state index in [4.69, 9.17) is 9.15 Å². The third kappa shape index (κ3) is 3.09. The molecule has 0 aliphatic carbocycles. The zero-order chi connectivity index (χ0) is 13.8. The fourth-order valence-corrected chi connectivity index (χ4v) is 2.10. The molecule has 0 aliphatic heterocycles. The van der Waals surface area contributed by atoms with Gasteiger partial charge in [-0.2, -0.15) is 0 Å². The predicted molar refractivity (Wildman–Crippen MR) is 73.3 cm³/mol. The van der Waals surface area contributed by atoms with Crippen LogP contribution in [-0.2, 0) is 0 Å². The molecule has 0 spiro atoms. The van der Waals surface area contributed by atoms with Gasteiger partial charge in [-0.05, 0) is 32.0 Å². The van der Waals surface area contributed by atoms with Crippen molar-refractivity contribution in [2.45, 2.75) is 25.9 Å². The van der Waals surface area contributed by atoms with Crippen LogP contribution >= 0.6 is 0 Å². The van der Waals surface area contributed by atoms with Gasteiger partial charge in [0.2, 0.25) is 0 Å². The van der Waals surface area contributed by atoms with Crippen molar-refractivity contribution in [3.05, 3.63) is 47.9 Å². The number of furan rings is 1. The van der Waals surface area contributed by atoms with Crippen LogP contribution in [0, 0.1) is 0 Å². The Morgan fingerprint density at radius 3 is 2.58 bits per heavy atom. The largest absolute Gasteiger partial charge is 0.507 e. The molecule has 0 fully saturated rings. The molecule has 4 nitrogen and oxygen atoms in total. The first-order chi connectivity index (χ1) is 9.11. The van der Waals surface area contributed by atoms with Crippen LogP contribution in [0.5, 0.6) is 11.5 Å². The Hall–Kier alpha value is -1.94. The highest BCUT2D eigenvalue weighted by Crippen LogP contribution is 2.29. The summed E-state index contributed by atoms with van der Waals surface area (Å²) in [7, 11) is 1.58.